The van der Waals surface area contributed by atoms with Crippen LogP contribution < -0.4 is 5.32 Å². The smallest absolute Gasteiger partial charge is 0.339 e. The van der Waals surface area contributed by atoms with Crippen LogP contribution in [0.4, 0.5) is 10.3 Å². The molecule has 0 aliphatic carbocycles. The number of aryl methyl sites for hydroxylation is 1. The number of hydrogen-bond donors (Lipinski definition) is 1. The second kappa shape index (κ2) is 8.57. The van der Waals surface area contributed by atoms with Crippen molar-refractivity contribution in [1.29, 1.82) is 0 Å². The third-order valence-electron chi connectivity index (χ3n) is 4.05. The first-order valence-corrected chi connectivity index (χ1v) is 8.54. The van der Waals surface area contributed by atoms with E-state index >= 15 is 0 Å². The van der Waals surface area contributed by atoms with Crippen molar-refractivity contribution in [3.63, 3.8) is 0 Å². The number of pyridine rings is 1. The highest BCUT2D eigenvalue weighted by atomic mass is 19.1. The van der Waals surface area contributed by atoms with Crippen molar-refractivity contribution in [3.05, 3.63) is 53.5 Å². The number of esters is 1. The van der Waals surface area contributed by atoms with Gasteiger partial charge in [0.1, 0.15) is 11.3 Å². The number of methoxy groups -OCH3 is 2. The Morgan fingerprint density at radius 1 is 1.21 bits per heavy atom. The molecule has 0 fully saturated rings. The molecule has 0 aliphatic rings. The van der Waals surface area contributed by atoms with Crippen molar-refractivity contribution >= 4 is 29.0 Å². The van der Waals surface area contributed by atoms with E-state index in [1.54, 1.807) is 17.7 Å². The number of ether oxygens (including phenoxy) is 2. The molecule has 2 heterocycles. The molecular weight excluding hydrogens is 367 g/mol. The van der Waals surface area contributed by atoms with Crippen molar-refractivity contribution in [3.8, 4) is 0 Å². The molecule has 2 aromatic heterocycles. The lowest BCUT2D eigenvalue weighted by Gasteiger charge is -2.09. The lowest BCUT2D eigenvalue weighted by atomic mass is 10.2. The van der Waals surface area contributed by atoms with E-state index in [4.69, 9.17) is 9.47 Å². The number of fused-ring (bicyclic) bond motifs is 1. The van der Waals surface area contributed by atoms with Crippen LogP contribution in [0.1, 0.15) is 27.1 Å². The fourth-order valence-corrected chi connectivity index (χ4v) is 2.72. The monoisotopic (exact) mass is 386 g/mol. The van der Waals surface area contributed by atoms with Gasteiger partial charge in [0, 0.05) is 32.0 Å². The van der Waals surface area contributed by atoms with Crippen LogP contribution in [0.3, 0.4) is 0 Å². The van der Waals surface area contributed by atoms with Gasteiger partial charge < -0.3 is 9.47 Å². The number of carbonyl (C=O) groups is 2. The molecule has 0 aliphatic heterocycles. The normalized spacial score (nSPS) is 10.8. The molecule has 8 nitrogen and oxygen atoms in total. The number of benzene rings is 1. The highest BCUT2D eigenvalue weighted by Gasteiger charge is 2.17. The topological polar surface area (TPSA) is 95.3 Å². The van der Waals surface area contributed by atoms with Crippen LogP contribution in [0, 0.1) is 5.82 Å². The van der Waals surface area contributed by atoms with Gasteiger partial charge in [-0.15, -0.1) is 0 Å². The first-order valence-electron chi connectivity index (χ1n) is 8.54. The van der Waals surface area contributed by atoms with Crippen LogP contribution in [0.15, 0.2) is 36.5 Å². The standard InChI is InChI=1S/C19H19FN4O4/c1-27-8-4-7-24-16-15(10-13(11-21-16)18(26)28-2)22-19(24)23-17(25)12-5-3-6-14(20)9-12/h3,5-6,9-11H,4,7-8H2,1-2H3,(H,22,23,25). The molecule has 1 amide bonds. The summed E-state index contributed by atoms with van der Waals surface area (Å²) >= 11 is 0. The average Bonchev–Trinajstić information content (AvgIpc) is 3.03. The van der Waals surface area contributed by atoms with E-state index in [9.17, 15) is 14.0 Å². The van der Waals surface area contributed by atoms with Crippen LogP contribution in [0.2, 0.25) is 0 Å². The number of aromatic nitrogens is 3. The van der Waals surface area contributed by atoms with Gasteiger partial charge in [-0.3, -0.25) is 14.7 Å². The lowest BCUT2D eigenvalue weighted by molar-refractivity contribution is 0.0600. The van der Waals surface area contributed by atoms with E-state index in [1.807, 2.05) is 0 Å². The van der Waals surface area contributed by atoms with E-state index < -0.39 is 17.7 Å². The summed E-state index contributed by atoms with van der Waals surface area (Å²) in [5, 5.41) is 2.68. The maximum absolute atomic E-state index is 13.4. The third kappa shape index (κ3) is 4.15. The first-order chi connectivity index (χ1) is 13.5. The number of anilines is 1. The van der Waals surface area contributed by atoms with E-state index in [2.05, 4.69) is 15.3 Å². The summed E-state index contributed by atoms with van der Waals surface area (Å²) in [6.07, 6.45) is 2.05. The highest BCUT2D eigenvalue weighted by molar-refractivity contribution is 6.04. The lowest BCUT2D eigenvalue weighted by Crippen LogP contribution is -2.16. The largest absolute Gasteiger partial charge is 0.465 e. The zero-order valence-electron chi connectivity index (χ0n) is 15.4. The maximum Gasteiger partial charge on any atom is 0.339 e. The fraction of sp³-hybridized carbons (Fsp3) is 0.263. The number of halogens is 1. The minimum absolute atomic E-state index is 0.165. The van der Waals surface area contributed by atoms with Crippen molar-refractivity contribution in [2.24, 2.45) is 0 Å². The quantitative estimate of drug-likeness (QED) is 0.495. The van der Waals surface area contributed by atoms with Crippen LogP contribution >= 0.6 is 0 Å². The second-order valence-electron chi connectivity index (χ2n) is 5.96. The summed E-state index contributed by atoms with van der Waals surface area (Å²) in [4.78, 5) is 32.9. The van der Waals surface area contributed by atoms with Crippen molar-refractivity contribution in [2.75, 3.05) is 26.1 Å². The summed E-state index contributed by atoms with van der Waals surface area (Å²) in [6.45, 7) is 0.991. The van der Waals surface area contributed by atoms with Crippen LogP contribution in [0.25, 0.3) is 11.2 Å². The minimum Gasteiger partial charge on any atom is -0.465 e. The molecule has 146 valence electrons. The van der Waals surface area contributed by atoms with Crippen molar-refractivity contribution in [2.45, 2.75) is 13.0 Å². The van der Waals surface area contributed by atoms with Gasteiger partial charge >= 0.3 is 5.97 Å². The van der Waals surface area contributed by atoms with Gasteiger partial charge in [-0.25, -0.2) is 19.2 Å². The molecular formula is C19H19FN4O4. The maximum atomic E-state index is 13.4. The summed E-state index contributed by atoms with van der Waals surface area (Å²) in [6, 6.07) is 6.90. The first kappa shape index (κ1) is 19.4. The van der Waals surface area contributed by atoms with E-state index in [-0.39, 0.29) is 17.1 Å². The predicted molar refractivity (Wildman–Crippen MR) is 99.7 cm³/mol. The number of hydrogen-bond acceptors (Lipinski definition) is 6. The predicted octanol–water partition coefficient (Wildman–Crippen LogP) is 2.65. The number of rotatable bonds is 7. The Kier molecular flexibility index (Phi) is 5.95. The Bertz CT molecular complexity index is 1020. The summed E-state index contributed by atoms with van der Waals surface area (Å²) < 4.78 is 24.9. The van der Waals surface area contributed by atoms with Crippen LogP contribution in [-0.2, 0) is 16.0 Å². The van der Waals surface area contributed by atoms with Crippen molar-refractivity contribution in [1.82, 2.24) is 14.5 Å². The molecule has 9 heteroatoms. The van der Waals surface area contributed by atoms with Gasteiger partial charge in [0.05, 0.1) is 12.7 Å². The Hall–Kier alpha value is -3.33. The zero-order chi connectivity index (χ0) is 20.1. The number of amides is 1. The minimum atomic E-state index is -0.534. The molecule has 0 bridgehead atoms. The molecule has 0 saturated heterocycles. The number of carbonyl (C=O) groups excluding carboxylic acids is 2. The molecule has 0 spiro atoms. The fourth-order valence-electron chi connectivity index (χ4n) is 2.72. The Labute approximate surface area is 160 Å². The second-order valence-corrected chi connectivity index (χ2v) is 5.96. The Morgan fingerprint density at radius 3 is 2.75 bits per heavy atom. The molecule has 0 unspecified atom stereocenters. The molecule has 3 aromatic rings. The molecule has 0 radical (unpaired) electrons. The van der Waals surface area contributed by atoms with Crippen molar-refractivity contribution < 1.29 is 23.5 Å². The van der Waals surface area contributed by atoms with E-state index in [1.165, 1.54) is 31.5 Å². The molecule has 0 atom stereocenters. The van der Waals surface area contributed by atoms with Crippen LogP contribution in [-0.4, -0.2) is 47.2 Å². The number of nitrogens with zero attached hydrogens (tertiary/aromatic N) is 3. The van der Waals surface area contributed by atoms with Gasteiger partial charge in [-0.2, -0.15) is 0 Å². The van der Waals surface area contributed by atoms with Gasteiger partial charge in [-0.05, 0) is 30.7 Å². The molecule has 28 heavy (non-hydrogen) atoms. The molecule has 1 N–H and O–H groups in total. The summed E-state index contributed by atoms with van der Waals surface area (Å²) in [5.41, 5.74) is 1.34. The SMILES string of the molecule is COCCCn1c(NC(=O)c2cccc(F)c2)nc2cc(C(=O)OC)cnc21. The van der Waals surface area contributed by atoms with Crippen LogP contribution in [0.5, 0.6) is 0 Å². The zero-order valence-corrected chi connectivity index (χ0v) is 15.4. The Balaban J connectivity index is 1.97. The van der Waals surface area contributed by atoms with Gasteiger partial charge in [0.15, 0.2) is 5.65 Å². The van der Waals surface area contributed by atoms with E-state index in [0.717, 1.165) is 6.07 Å². The average molecular weight is 386 g/mol. The van der Waals surface area contributed by atoms with E-state index in [0.29, 0.717) is 30.7 Å². The highest BCUT2D eigenvalue weighted by Crippen LogP contribution is 2.21. The van der Waals surface area contributed by atoms with Gasteiger partial charge in [-0.1, -0.05) is 6.07 Å². The Morgan fingerprint density at radius 2 is 2.04 bits per heavy atom. The summed E-state index contributed by atoms with van der Waals surface area (Å²) in [7, 11) is 2.88. The molecule has 1 aromatic carbocycles. The third-order valence-corrected chi connectivity index (χ3v) is 4.05. The number of nitrogens with one attached hydrogen (secondary N) is 1. The van der Waals surface area contributed by atoms with Gasteiger partial charge in [0.25, 0.3) is 5.91 Å². The van der Waals surface area contributed by atoms with Gasteiger partial charge in [0.2, 0.25) is 5.95 Å². The molecule has 0 saturated carbocycles. The molecule has 3 rings (SSSR count). The number of imidazole rings is 1. The summed E-state index contributed by atoms with van der Waals surface area (Å²) in [5.74, 6) is -1.30.